The molecule has 0 unspecified atom stereocenters. The first-order valence-corrected chi connectivity index (χ1v) is 11.7. The van der Waals surface area contributed by atoms with E-state index in [1.807, 2.05) is 36.4 Å². The second kappa shape index (κ2) is 9.16. The summed E-state index contributed by atoms with van der Waals surface area (Å²) in [4.78, 5) is 26.2. The maximum atomic E-state index is 13.4. The van der Waals surface area contributed by atoms with Crippen LogP contribution in [0.25, 0.3) is 0 Å². The predicted molar refractivity (Wildman–Crippen MR) is 119 cm³/mol. The molecular weight excluding hydrogens is 404 g/mol. The van der Waals surface area contributed by atoms with Crippen molar-refractivity contribution in [3.05, 3.63) is 71.8 Å². The van der Waals surface area contributed by atoms with Crippen molar-refractivity contribution < 1.29 is 23.8 Å². The highest BCUT2D eigenvalue weighted by molar-refractivity contribution is 5.90. The number of carbonyl (C=O) groups excluding carboxylic acids is 2. The lowest BCUT2D eigenvalue weighted by atomic mass is 9.85. The van der Waals surface area contributed by atoms with E-state index < -0.39 is 5.79 Å². The van der Waals surface area contributed by atoms with Gasteiger partial charge in [0, 0.05) is 19.3 Å². The van der Waals surface area contributed by atoms with Crippen molar-refractivity contribution in [2.24, 2.45) is 17.8 Å². The highest BCUT2D eigenvalue weighted by Crippen LogP contribution is 2.55. The number of hydrogen-bond acceptors (Lipinski definition) is 5. The van der Waals surface area contributed by atoms with Crippen molar-refractivity contribution in [3.63, 3.8) is 0 Å². The normalized spacial score (nSPS) is 28.0. The van der Waals surface area contributed by atoms with E-state index in [2.05, 4.69) is 12.1 Å². The van der Waals surface area contributed by atoms with Gasteiger partial charge in [0.05, 0.1) is 24.7 Å². The molecule has 0 N–H and O–H groups in total. The molecule has 3 fully saturated rings. The standard InChI is InChI=1S/C27H30O5/c28-23(13-7-10-19-8-3-1-4-9-19)25-22-18-27(30-14-15-31-27)17-21(22)16-24(25)32-26(29)20-11-5-2-6-12-20/h1-6,8-9,11-12,21-22,24-25H,7,10,13-18H2/t21-,22+,24-,25+/m1/s1. The van der Waals surface area contributed by atoms with E-state index >= 15 is 0 Å². The number of ether oxygens (including phenoxy) is 3. The van der Waals surface area contributed by atoms with Crippen LogP contribution in [-0.4, -0.2) is 36.9 Å². The van der Waals surface area contributed by atoms with Gasteiger partial charge in [-0.3, -0.25) is 4.79 Å². The van der Waals surface area contributed by atoms with E-state index in [-0.39, 0.29) is 35.6 Å². The van der Waals surface area contributed by atoms with Crippen LogP contribution in [0.15, 0.2) is 60.7 Å². The average molecular weight is 435 g/mol. The van der Waals surface area contributed by atoms with Crippen molar-refractivity contribution in [1.82, 2.24) is 0 Å². The molecular formula is C27H30O5. The third-order valence-electron chi connectivity index (χ3n) is 7.31. The number of fused-ring (bicyclic) bond motifs is 1. The fraction of sp³-hybridized carbons (Fsp3) is 0.481. The van der Waals surface area contributed by atoms with Crippen LogP contribution in [0.1, 0.15) is 48.0 Å². The molecule has 2 aromatic carbocycles. The van der Waals surface area contributed by atoms with E-state index in [9.17, 15) is 9.59 Å². The molecule has 1 heterocycles. The number of carbonyl (C=O) groups is 2. The zero-order valence-electron chi connectivity index (χ0n) is 18.3. The Hall–Kier alpha value is -2.50. The Morgan fingerprint density at radius 1 is 0.938 bits per heavy atom. The molecule has 5 nitrogen and oxygen atoms in total. The van der Waals surface area contributed by atoms with Gasteiger partial charge in [0.25, 0.3) is 0 Å². The van der Waals surface area contributed by atoms with Crippen LogP contribution in [0.3, 0.4) is 0 Å². The van der Waals surface area contributed by atoms with Crippen LogP contribution in [-0.2, 0) is 25.4 Å². The molecule has 0 amide bonds. The molecule has 1 saturated heterocycles. The second-order valence-corrected chi connectivity index (χ2v) is 9.32. The first-order valence-electron chi connectivity index (χ1n) is 11.7. The van der Waals surface area contributed by atoms with Crippen LogP contribution in [0.2, 0.25) is 0 Å². The summed E-state index contributed by atoms with van der Waals surface area (Å²) in [6.07, 6.45) is 3.99. The number of benzene rings is 2. The van der Waals surface area contributed by atoms with Crippen molar-refractivity contribution >= 4 is 11.8 Å². The van der Waals surface area contributed by atoms with E-state index in [0.717, 1.165) is 19.3 Å². The Morgan fingerprint density at radius 2 is 1.62 bits per heavy atom. The number of Topliss-reactive ketones (excluding diaryl/α,β-unsaturated/α-hetero) is 1. The Labute approximate surface area is 189 Å². The second-order valence-electron chi connectivity index (χ2n) is 9.32. The van der Waals surface area contributed by atoms with Crippen molar-refractivity contribution in [1.29, 1.82) is 0 Å². The summed E-state index contributed by atoms with van der Waals surface area (Å²) in [5.41, 5.74) is 1.77. The van der Waals surface area contributed by atoms with Crippen LogP contribution < -0.4 is 0 Å². The van der Waals surface area contributed by atoms with E-state index in [4.69, 9.17) is 14.2 Å². The largest absolute Gasteiger partial charge is 0.458 e. The zero-order chi connectivity index (χ0) is 22.0. The molecule has 3 aliphatic rings. The van der Waals surface area contributed by atoms with E-state index in [0.29, 0.717) is 38.0 Å². The molecule has 32 heavy (non-hydrogen) atoms. The first kappa shape index (κ1) is 21.4. The van der Waals surface area contributed by atoms with Crippen molar-refractivity contribution in [2.75, 3.05) is 13.2 Å². The Morgan fingerprint density at radius 3 is 2.34 bits per heavy atom. The van der Waals surface area contributed by atoms with Crippen molar-refractivity contribution in [2.45, 2.75) is 50.4 Å². The van der Waals surface area contributed by atoms with Gasteiger partial charge >= 0.3 is 5.97 Å². The van der Waals surface area contributed by atoms with Crippen molar-refractivity contribution in [3.8, 4) is 0 Å². The van der Waals surface area contributed by atoms with Gasteiger partial charge in [-0.2, -0.15) is 0 Å². The van der Waals surface area contributed by atoms with Gasteiger partial charge in [0.15, 0.2) is 5.79 Å². The Kier molecular flexibility index (Phi) is 6.11. The van der Waals surface area contributed by atoms with Crippen LogP contribution in [0, 0.1) is 17.8 Å². The quantitative estimate of drug-likeness (QED) is 0.597. The minimum atomic E-state index is -0.535. The zero-order valence-corrected chi connectivity index (χ0v) is 18.3. The summed E-state index contributed by atoms with van der Waals surface area (Å²) in [7, 11) is 0. The monoisotopic (exact) mass is 434 g/mol. The molecule has 0 aromatic heterocycles. The average Bonchev–Trinajstić information content (AvgIpc) is 3.50. The van der Waals surface area contributed by atoms with Gasteiger partial charge in [-0.05, 0) is 48.8 Å². The Balaban J connectivity index is 1.28. The maximum Gasteiger partial charge on any atom is 0.338 e. The lowest BCUT2D eigenvalue weighted by Gasteiger charge is -2.27. The summed E-state index contributed by atoms with van der Waals surface area (Å²) < 4.78 is 17.8. The van der Waals surface area contributed by atoms with Crippen LogP contribution in [0.5, 0.6) is 0 Å². The molecule has 5 rings (SSSR count). The van der Waals surface area contributed by atoms with Gasteiger partial charge in [-0.25, -0.2) is 4.79 Å². The number of hydrogen-bond donors (Lipinski definition) is 0. The fourth-order valence-electron chi connectivity index (χ4n) is 5.92. The minimum absolute atomic E-state index is 0.144. The number of ketones is 1. The van der Waals surface area contributed by atoms with Gasteiger partial charge in [0.1, 0.15) is 11.9 Å². The SMILES string of the molecule is O=C(O[C@@H]1C[C@@H]2CC3(C[C@@H]2[C@H]1C(=O)CCCc1ccccc1)OCCO3)c1ccccc1. The summed E-state index contributed by atoms with van der Waals surface area (Å²) in [6.45, 7) is 1.23. The van der Waals surface area contributed by atoms with Gasteiger partial charge < -0.3 is 14.2 Å². The highest BCUT2D eigenvalue weighted by Gasteiger charge is 2.59. The number of aryl methyl sites for hydroxylation is 1. The summed E-state index contributed by atoms with van der Waals surface area (Å²) in [5.74, 6) is -0.534. The topological polar surface area (TPSA) is 61.8 Å². The minimum Gasteiger partial charge on any atom is -0.458 e. The molecule has 2 saturated carbocycles. The maximum absolute atomic E-state index is 13.4. The number of rotatable bonds is 7. The van der Waals surface area contributed by atoms with Gasteiger partial charge in [-0.15, -0.1) is 0 Å². The summed E-state index contributed by atoms with van der Waals surface area (Å²) in [5, 5.41) is 0. The smallest absolute Gasteiger partial charge is 0.338 e. The molecule has 4 atom stereocenters. The lowest BCUT2D eigenvalue weighted by Crippen LogP contribution is -2.35. The van der Waals surface area contributed by atoms with Gasteiger partial charge in [0.2, 0.25) is 0 Å². The highest BCUT2D eigenvalue weighted by atomic mass is 16.7. The molecule has 5 heteroatoms. The van der Waals surface area contributed by atoms with Crippen LogP contribution >= 0.6 is 0 Å². The van der Waals surface area contributed by atoms with Crippen LogP contribution in [0.4, 0.5) is 0 Å². The van der Waals surface area contributed by atoms with E-state index in [1.54, 1.807) is 12.1 Å². The third kappa shape index (κ3) is 4.37. The molecule has 2 aliphatic carbocycles. The molecule has 2 aromatic rings. The van der Waals surface area contributed by atoms with Gasteiger partial charge in [-0.1, -0.05) is 48.5 Å². The summed E-state index contributed by atoms with van der Waals surface area (Å²) in [6, 6.07) is 19.3. The molecule has 1 spiro atoms. The number of esters is 1. The lowest BCUT2D eigenvalue weighted by molar-refractivity contribution is -0.159. The fourth-order valence-corrected chi connectivity index (χ4v) is 5.92. The molecule has 1 aliphatic heterocycles. The molecule has 168 valence electrons. The first-order chi connectivity index (χ1) is 15.6. The Bertz CT molecular complexity index is 935. The third-order valence-corrected chi connectivity index (χ3v) is 7.31. The van der Waals surface area contributed by atoms with E-state index in [1.165, 1.54) is 5.56 Å². The predicted octanol–water partition coefficient (Wildman–Crippen LogP) is 4.59. The molecule has 0 radical (unpaired) electrons. The summed E-state index contributed by atoms with van der Waals surface area (Å²) >= 11 is 0. The molecule has 0 bridgehead atoms.